The second-order valence-electron chi connectivity index (χ2n) is 9.64. The zero-order chi connectivity index (χ0) is 25.2. The highest BCUT2D eigenvalue weighted by molar-refractivity contribution is 6.34. The number of benzene rings is 2. The summed E-state index contributed by atoms with van der Waals surface area (Å²) in [6.07, 6.45) is 4.46. The Balaban J connectivity index is 1.61. The van der Waals surface area contributed by atoms with Gasteiger partial charge in [-0.25, -0.2) is 0 Å². The number of hydrogen-bond donors (Lipinski definition) is 3. The molecule has 1 fully saturated rings. The Kier molecular flexibility index (Phi) is 7.03. The Hall–Kier alpha value is -3.29. The third-order valence-electron chi connectivity index (χ3n) is 6.58. The molecule has 0 amide bonds. The van der Waals surface area contributed by atoms with E-state index in [1.54, 1.807) is 12.1 Å². The summed E-state index contributed by atoms with van der Waals surface area (Å²) in [6, 6.07) is 12.0. The van der Waals surface area contributed by atoms with Gasteiger partial charge < -0.3 is 24.9 Å². The van der Waals surface area contributed by atoms with Gasteiger partial charge >= 0.3 is 0 Å². The average molecular weight is 507 g/mol. The van der Waals surface area contributed by atoms with E-state index in [9.17, 15) is 4.79 Å². The summed E-state index contributed by atoms with van der Waals surface area (Å²) in [5.41, 5.74) is 4.58. The minimum Gasteiger partial charge on any atom is -0.492 e. The van der Waals surface area contributed by atoms with Crippen molar-refractivity contribution >= 4 is 34.0 Å². The van der Waals surface area contributed by atoms with Gasteiger partial charge in [0.25, 0.3) is 5.56 Å². The Morgan fingerprint density at radius 1 is 1.11 bits per heavy atom. The fraction of sp³-hybridized carbons (Fsp3) is 0.357. The number of rotatable bonds is 7. The first-order valence-electron chi connectivity index (χ1n) is 12.4. The first-order chi connectivity index (χ1) is 17.4. The molecule has 8 heteroatoms. The molecule has 1 saturated heterocycles. The monoisotopic (exact) mass is 506 g/mol. The lowest BCUT2D eigenvalue weighted by atomic mass is 9.99. The number of aryl methyl sites for hydroxylation is 3. The van der Waals surface area contributed by atoms with E-state index in [-0.39, 0.29) is 5.56 Å². The van der Waals surface area contributed by atoms with Crippen LogP contribution in [-0.2, 0) is 0 Å². The van der Waals surface area contributed by atoms with Crippen molar-refractivity contribution in [1.29, 1.82) is 0 Å². The van der Waals surface area contributed by atoms with Gasteiger partial charge in [0.2, 0.25) is 0 Å². The highest BCUT2D eigenvalue weighted by atomic mass is 35.5. The van der Waals surface area contributed by atoms with E-state index in [1.165, 1.54) is 12.8 Å². The quantitative estimate of drug-likeness (QED) is 0.268. The predicted molar refractivity (Wildman–Crippen MR) is 145 cm³/mol. The molecule has 0 spiro atoms. The molecular weight excluding hydrogens is 476 g/mol. The Morgan fingerprint density at radius 2 is 1.92 bits per heavy atom. The fourth-order valence-electron chi connectivity index (χ4n) is 4.95. The number of halogens is 1. The third-order valence-corrected chi connectivity index (χ3v) is 6.89. The summed E-state index contributed by atoms with van der Waals surface area (Å²) in [7, 11) is 0. The van der Waals surface area contributed by atoms with Gasteiger partial charge in [0, 0.05) is 17.5 Å². The molecule has 1 atom stereocenters. The van der Waals surface area contributed by atoms with Crippen LogP contribution in [0.5, 0.6) is 5.75 Å². The van der Waals surface area contributed by atoms with Crippen LogP contribution >= 0.6 is 11.6 Å². The molecule has 3 N–H and O–H groups in total. The molecule has 0 bridgehead atoms. The van der Waals surface area contributed by atoms with E-state index in [0.717, 1.165) is 41.5 Å². The van der Waals surface area contributed by atoms with Gasteiger partial charge in [0.05, 0.1) is 28.4 Å². The predicted octanol–water partition coefficient (Wildman–Crippen LogP) is 6.42. The Morgan fingerprint density at radius 3 is 2.61 bits per heavy atom. The average Bonchev–Trinajstić information content (AvgIpc) is 3.24. The number of anilines is 2. The van der Waals surface area contributed by atoms with Crippen LogP contribution in [0, 0.1) is 20.8 Å². The number of aromatic nitrogens is 2. The summed E-state index contributed by atoms with van der Waals surface area (Å²) in [5, 5.41) is 12.0. The molecule has 7 nitrogen and oxygen atoms in total. The van der Waals surface area contributed by atoms with Crippen LogP contribution < -0.4 is 20.9 Å². The van der Waals surface area contributed by atoms with Crippen molar-refractivity contribution < 1.29 is 9.26 Å². The number of nitrogens with one attached hydrogen (secondary N) is 3. The normalized spacial score (nSPS) is 15.8. The first kappa shape index (κ1) is 24.4. The van der Waals surface area contributed by atoms with Gasteiger partial charge in [-0.2, -0.15) is 0 Å². The van der Waals surface area contributed by atoms with E-state index < -0.39 is 0 Å². The summed E-state index contributed by atoms with van der Waals surface area (Å²) >= 11 is 6.58. The third kappa shape index (κ3) is 5.27. The summed E-state index contributed by atoms with van der Waals surface area (Å²) in [5.74, 6) is 1.81. The SMILES string of the molecule is Cc1cc(C)cc(-c2c(OCC[C@@H]3CCCCN3)c3cc(Nc4cc(C)on4)c(Cl)cc3[nH]c2=O)c1. The van der Waals surface area contributed by atoms with Crippen LogP contribution in [0.4, 0.5) is 11.5 Å². The maximum absolute atomic E-state index is 13.4. The lowest BCUT2D eigenvalue weighted by Gasteiger charge is -2.24. The summed E-state index contributed by atoms with van der Waals surface area (Å²) in [6.45, 7) is 7.43. The largest absolute Gasteiger partial charge is 0.492 e. The fourth-order valence-corrected chi connectivity index (χ4v) is 5.16. The van der Waals surface area contributed by atoms with Crippen LogP contribution in [0.25, 0.3) is 22.0 Å². The second-order valence-corrected chi connectivity index (χ2v) is 10.1. The standard InChI is InChI=1S/C28H31ClN4O3/c1-16-10-17(2)12-19(11-16)26-27(35-9-7-20-6-4-5-8-30-20)21-14-24(31-25-13-18(3)36-33-25)22(29)15-23(21)32-28(26)34/h10-15,20,30H,4-9H2,1-3H3,(H,31,33)(H,32,34)/t20-/m0/s1. The Bertz CT molecular complexity index is 1430. The van der Waals surface area contributed by atoms with Gasteiger partial charge in [-0.3, -0.25) is 4.79 Å². The number of nitrogens with zero attached hydrogens (tertiary/aromatic N) is 1. The van der Waals surface area contributed by atoms with Crippen molar-refractivity contribution in [3.63, 3.8) is 0 Å². The minimum atomic E-state index is -0.206. The zero-order valence-electron chi connectivity index (χ0n) is 20.8. The number of aromatic amines is 1. The van der Waals surface area contributed by atoms with Crippen molar-refractivity contribution in [2.45, 2.75) is 52.5 Å². The minimum absolute atomic E-state index is 0.206. The van der Waals surface area contributed by atoms with Crippen molar-refractivity contribution in [3.05, 3.63) is 68.7 Å². The highest BCUT2D eigenvalue weighted by Gasteiger charge is 2.20. The van der Waals surface area contributed by atoms with Gasteiger partial charge in [-0.1, -0.05) is 52.5 Å². The van der Waals surface area contributed by atoms with Gasteiger partial charge in [-0.05, 0) is 64.3 Å². The smallest absolute Gasteiger partial charge is 0.260 e. The van der Waals surface area contributed by atoms with Crippen LogP contribution in [0.15, 0.2) is 45.7 Å². The molecule has 0 unspecified atom stereocenters. The lowest BCUT2D eigenvalue weighted by molar-refractivity contribution is 0.271. The molecule has 36 heavy (non-hydrogen) atoms. The number of piperidine rings is 1. The van der Waals surface area contributed by atoms with E-state index in [0.29, 0.717) is 51.8 Å². The van der Waals surface area contributed by atoms with Crippen molar-refractivity contribution in [1.82, 2.24) is 15.5 Å². The van der Waals surface area contributed by atoms with Crippen LogP contribution in [-0.4, -0.2) is 29.3 Å². The van der Waals surface area contributed by atoms with Crippen molar-refractivity contribution in [2.24, 2.45) is 0 Å². The molecule has 3 heterocycles. The summed E-state index contributed by atoms with van der Waals surface area (Å²) in [4.78, 5) is 16.4. The molecule has 2 aromatic heterocycles. The van der Waals surface area contributed by atoms with E-state index in [4.69, 9.17) is 20.9 Å². The Labute approximate surface area is 215 Å². The molecule has 0 radical (unpaired) electrons. The van der Waals surface area contributed by atoms with E-state index in [1.807, 2.05) is 39.0 Å². The number of hydrogen-bond acceptors (Lipinski definition) is 6. The molecule has 1 aliphatic rings. The highest BCUT2D eigenvalue weighted by Crippen LogP contribution is 2.38. The number of H-pyrrole nitrogens is 1. The molecule has 5 rings (SSSR count). The van der Waals surface area contributed by atoms with Crippen LogP contribution in [0.2, 0.25) is 5.02 Å². The molecule has 4 aromatic rings. The number of fused-ring (bicyclic) bond motifs is 1. The molecule has 1 aliphatic heterocycles. The number of pyridine rings is 1. The first-order valence-corrected chi connectivity index (χ1v) is 12.8. The van der Waals surface area contributed by atoms with E-state index in [2.05, 4.69) is 26.8 Å². The van der Waals surface area contributed by atoms with Crippen LogP contribution in [0.1, 0.15) is 42.6 Å². The number of ether oxygens (including phenoxy) is 1. The molecular formula is C28H31ClN4O3. The van der Waals surface area contributed by atoms with Crippen molar-refractivity contribution in [3.8, 4) is 16.9 Å². The van der Waals surface area contributed by atoms with Gasteiger partial charge in [0.15, 0.2) is 5.82 Å². The molecule has 2 aromatic carbocycles. The second kappa shape index (κ2) is 10.4. The lowest BCUT2D eigenvalue weighted by Crippen LogP contribution is -2.35. The maximum atomic E-state index is 13.4. The molecule has 0 aliphatic carbocycles. The maximum Gasteiger partial charge on any atom is 0.260 e. The summed E-state index contributed by atoms with van der Waals surface area (Å²) < 4.78 is 11.6. The topological polar surface area (TPSA) is 92.2 Å². The van der Waals surface area contributed by atoms with Crippen LogP contribution in [0.3, 0.4) is 0 Å². The van der Waals surface area contributed by atoms with Gasteiger partial charge in [-0.15, -0.1) is 0 Å². The van der Waals surface area contributed by atoms with Crippen molar-refractivity contribution in [2.75, 3.05) is 18.5 Å². The zero-order valence-corrected chi connectivity index (χ0v) is 21.6. The van der Waals surface area contributed by atoms with E-state index >= 15 is 0 Å². The van der Waals surface area contributed by atoms with Gasteiger partial charge in [0.1, 0.15) is 11.5 Å². The molecule has 188 valence electrons. The molecule has 0 saturated carbocycles.